The smallest absolute Gasteiger partial charge is 0.416 e. The van der Waals surface area contributed by atoms with Gasteiger partial charge < -0.3 is 10.5 Å². The summed E-state index contributed by atoms with van der Waals surface area (Å²) in [4.78, 5) is 27.5. The van der Waals surface area contributed by atoms with Gasteiger partial charge in [0.15, 0.2) is 0 Å². The summed E-state index contributed by atoms with van der Waals surface area (Å²) in [6, 6.07) is 21.1. The molecule has 1 heterocycles. The first-order chi connectivity index (χ1) is 20.3. The number of carbonyl (C=O) groups excluding carboxylic acids is 2. The Hall–Kier alpha value is -4.52. The number of ether oxygens (including phenoxy) is 1. The van der Waals surface area contributed by atoms with Gasteiger partial charge in [0.2, 0.25) is 15.9 Å². The first-order valence-electron chi connectivity index (χ1n) is 13.1. The molecule has 4 aromatic rings. The van der Waals surface area contributed by atoms with E-state index in [1.54, 1.807) is 48.5 Å². The normalized spacial score (nSPS) is 15.5. The highest BCUT2D eigenvalue weighted by molar-refractivity contribution is 7.89. The lowest BCUT2D eigenvalue weighted by Crippen LogP contribution is -2.42. The van der Waals surface area contributed by atoms with E-state index < -0.39 is 39.7 Å². The van der Waals surface area contributed by atoms with Crippen molar-refractivity contribution >= 4 is 21.9 Å². The predicted octanol–water partition coefficient (Wildman–Crippen LogP) is 4.82. The maximum atomic E-state index is 13.2. The number of halogens is 3. The molecule has 1 aliphatic heterocycles. The fourth-order valence-electron chi connectivity index (χ4n) is 5.19. The van der Waals surface area contributed by atoms with Crippen molar-refractivity contribution in [2.45, 2.75) is 30.1 Å². The molecule has 0 spiro atoms. The van der Waals surface area contributed by atoms with Crippen LogP contribution in [0.5, 0.6) is 5.75 Å². The molecular formula is C31H26F3N3O5S. The number of benzene rings is 4. The van der Waals surface area contributed by atoms with Gasteiger partial charge in [0.25, 0.3) is 0 Å². The lowest BCUT2D eigenvalue weighted by molar-refractivity contribution is -0.137. The number of sulfonamides is 1. The van der Waals surface area contributed by atoms with Gasteiger partial charge in [-0.05, 0) is 76.7 Å². The standard InChI is InChI=1S/C31H26F3N3O5S/c32-31(33,34)22-10-8-20(9-11-22)25-6-1-2-7-27(25)30(39)42-23-12-13-26-21(17-23)14-15-37(28(26)29(35)38)18-19-4-3-5-24(16-19)43(36,40)41/h1-13,16-17,28H,14-15,18H2,(H2,35,38)(H2,36,40,41). The van der Waals surface area contributed by atoms with E-state index in [2.05, 4.69) is 0 Å². The monoisotopic (exact) mass is 609 g/mol. The zero-order valence-electron chi connectivity index (χ0n) is 22.5. The number of hydrogen-bond acceptors (Lipinski definition) is 6. The number of amides is 1. The Morgan fingerprint density at radius 1 is 0.930 bits per heavy atom. The highest BCUT2D eigenvalue weighted by atomic mass is 32.2. The van der Waals surface area contributed by atoms with Crippen LogP contribution in [0.4, 0.5) is 13.2 Å². The van der Waals surface area contributed by atoms with Crippen molar-refractivity contribution < 1.29 is 35.9 Å². The second kappa shape index (κ2) is 11.6. The molecule has 1 unspecified atom stereocenters. The molecule has 0 saturated carbocycles. The van der Waals surface area contributed by atoms with Gasteiger partial charge in [-0.2, -0.15) is 13.2 Å². The third-order valence-electron chi connectivity index (χ3n) is 7.21. The minimum atomic E-state index is -4.48. The fraction of sp³-hybridized carbons (Fsp3) is 0.161. The van der Waals surface area contributed by atoms with Crippen molar-refractivity contribution in [1.29, 1.82) is 0 Å². The van der Waals surface area contributed by atoms with Crippen LogP contribution in [0.3, 0.4) is 0 Å². The summed E-state index contributed by atoms with van der Waals surface area (Å²) in [5, 5.41) is 5.25. The molecule has 1 atom stereocenters. The third-order valence-corrected chi connectivity index (χ3v) is 8.12. The van der Waals surface area contributed by atoms with Gasteiger partial charge in [-0.3, -0.25) is 9.69 Å². The number of nitrogens with zero attached hydrogens (tertiary/aromatic N) is 1. The Bertz CT molecular complexity index is 1810. The summed E-state index contributed by atoms with van der Waals surface area (Å²) in [7, 11) is -3.90. The number of hydrogen-bond donors (Lipinski definition) is 2. The minimum absolute atomic E-state index is 0.0376. The van der Waals surface area contributed by atoms with Crippen LogP contribution in [0.1, 0.15) is 38.7 Å². The van der Waals surface area contributed by atoms with E-state index in [1.165, 1.54) is 30.3 Å². The zero-order chi connectivity index (χ0) is 30.9. The van der Waals surface area contributed by atoms with Crippen LogP contribution in [-0.2, 0) is 34.0 Å². The molecule has 4 aromatic carbocycles. The van der Waals surface area contributed by atoms with Crippen molar-refractivity contribution in [3.05, 3.63) is 119 Å². The van der Waals surface area contributed by atoms with E-state index in [9.17, 15) is 31.2 Å². The number of primary sulfonamides is 1. The van der Waals surface area contributed by atoms with Gasteiger partial charge in [-0.1, -0.05) is 48.5 Å². The van der Waals surface area contributed by atoms with Crippen LogP contribution in [0.15, 0.2) is 95.9 Å². The van der Waals surface area contributed by atoms with Crippen LogP contribution in [0, 0.1) is 0 Å². The molecule has 5 rings (SSSR count). The molecule has 0 aliphatic carbocycles. The number of esters is 1. The van der Waals surface area contributed by atoms with Crippen molar-refractivity contribution in [3.63, 3.8) is 0 Å². The summed E-state index contributed by atoms with van der Waals surface area (Å²) in [5.74, 6) is -1.07. The molecule has 222 valence electrons. The Morgan fingerprint density at radius 2 is 1.65 bits per heavy atom. The van der Waals surface area contributed by atoms with Crippen molar-refractivity contribution in [3.8, 4) is 16.9 Å². The quantitative estimate of drug-likeness (QED) is 0.228. The topological polar surface area (TPSA) is 133 Å². The lowest BCUT2D eigenvalue weighted by atomic mass is 9.91. The van der Waals surface area contributed by atoms with Crippen molar-refractivity contribution in [2.24, 2.45) is 10.9 Å². The van der Waals surface area contributed by atoms with Crippen LogP contribution in [0.25, 0.3) is 11.1 Å². The molecule has 0 radical (unpaired) electrons. The fourth-order valence-corrected chi connectivity index (χ4v) is 5.78. The molecule has 43 heavy (non-hydrogen) atoms. The first kappa shape index (κ1) is 30.0. The average molecular weight is 610 g/mol. The number of nitrogens with two attached hydrogens (primary N) is 2. The summed E-state index contributed by atoms with van der Waals surface area (Å²) >= 11 is 0. The highest BCUT2D eigenvalue weighted by Crippen LogP contribution is 2.35. The molecule has 0 fully saturated rings. The number of alkyl halides is 3. The number of rotatable bonds is 7. The molecule has 1 aliphatic rings. The highest BCUT2D eigenvalue weighted by Gasteiger charge is 2.33. The average Bonchev–Trinajstić information content (AvgIpc) is 2.96. The maximum absolute atomic E-state index is 13.2. The Balaban J connectivity index is 1.36. The van der Waals surface area contributed by atoms with Crippen molar-refractivity contribution in [2.75, 3.05) is 6.54 Å². The van der Waals surface area contributed by atoms with E-state index in [1.807, 2.05) is 4.90 Å². The van der Waals surface area contributed by atoms with Crippen LogP contribution < -0.4 is 15.6 Å². The van der Waals surface area contributed by atoms with Crippen LogP contribution in [0.2, 0.25) is 0 Å². The lowest BCUT2D eigenvalue weighted by Gasteiger charge is -2.35. The maximum Gasteiger partial charge on any atom is 0.416 e. The number of carbonyl (C=O) groups is 2. The molecule has 0 aromatic heterocycles. The van der Waals surface area contributed by atoms with Gasteiger partial charge >= 0.3 is 12.1 Å². The van der Waals surface area contributed by atoms with E-state index >= 15 is 0 Å². The number of primary amides is 1. The van der Waals surface area contributed by atoms with E-state index in [-0.39, 0.29) is 22.8 Å². The zero-order valence-corrected chi connectivity index (χ0v) is 23.4. The molecule has 12 heteroatoms. The Labute approximate surface area is 245 Å². The summed E-state index contributed by atoms with van der Waals surface area (Å²) < 4.78 is 68.2. The first-order valence-corrected chi connectivity index (χ1v) is 14.6. The van der Waals surface area contributed by atoms with Gasteiger partial charge in [-0.25, -0.2) is 18.4 Å². The second-order valence-electron chi connectivity index (χ2n) is 10.1. The number of fused-ring (bicyclic) bond motifs is 1. The summed E-state index contributed by atoms with van der Waals surface area (Å²) in [6.07, 6.45) is -3.99. The van der Waals surface area contributed by atoms with Gasteiger partial charge in [0.05, 0.1) is 16.0 Å². The molecular weight excluding hydrogens is 583 g/mol. The summed E-state index contributed by atoms with van der Waals surface area (Å²) in [5.41, 5.74) is 8.01. The second-order valence-corrected chi connectivity index (χ2v) is 11.7. The Kier molecular flexibility index (Phi) is 8.10. The van der Waals surface area contributed by atoms with Crippen LogP contribution >= 0.6 is 0 Å². The molecule has 4 N–H and O–H groups in total. The van der Waals surface area contributed by atoms with E-state index in [0.717, 1.165) is 17.7 Å². The van der Waals surface area contributed by atoms with E-state index in [0.29, 0.717) is 35.2 Å². The molecule has 8 nitrogen and oxygen atoms in total. The summed E-state index contributed by atoms with van der Waals surface area (Å²) in [6.45, 7) is 0.655. The predicted molar refractivity (Wildman–Crippen MR) is 152 cm³/mol. The van der Waals surface area contributed by atoms with E-state index in [4.69, 9.17) is 15.6 Å². The Morgan fingerprint density at radius 3 is 2.33 bits per heavy atom. The molecule has 0 saturated heterocycles. The largest absolute Gasteiger partial charge is 0.423 e. The van der Waals surface area contributed by atoms with Gasteiger partial charge in [0.1, 0.15) is 11.8 Å². The third kappa shape index (κ3) is 6.61. The SMILES string of the molecule is NC(=O)C1c2ccc(OC(=O)c3ccccc3-c3ccc(C(F)(F)F)cc3)cc2CCN1Cc1cccc(S(N)(=O)=O)c1. The molecule has 1 amide bonds. The molecule has 0 bridgehead atoms. The van der Waals surface area contributed by atoms with Crippen molar-refractivity contribution in [1.82, 2.24) is 4.90 Å². The van der Waals surface area contributed by atoms with Gasteiger partial charge in [-0.15, -0.1) is 0 Å². The van der Waals surface area contributed by atoms with Crippen LogP contribution in [-0.4, -0.2) is 31.7 Å². The minimum Gasteiger partial charge on any atom is -0.423 e. The van der Waals surface area contributed by atoms with Gasteiger partial charge in [0, 0.05) is 13.1 Å².